The second-order valence-corrected chi connectivity index (χ2v) is 7.88. The minimum absolute atomic E-state index is 0.124. The summed E-state index contributed by atoms with van der Waals surface area (Å²) in [6.45, 7) is 6.61. The summed E-state index contributed by atoms with van der Waals surface area (Å²) in [7, 11) is 1.63. The van der Waals surface area contributed by atoms with Crippen molar-refractivity contribution in [2.45, 2.75) is 58.4 Å². The summed E-state index contributed by atoms with van der Waals surface area (Å²) < 4.78 is 5.14. The molecule has 0 radical (unpaired) electrons. The SMILES string of the molecule is COc1ccc(CCC(=O)CC2(C(C)(C)C)CCCN2C(=O)O)cc1. The van der Waals surface area contributed by atoms with E-state index in [0.29, 0.717) is 25.8 Å². The first-order valence-electron chi connectivity index (χ1n) is 8.85. The number of hydrogen-bond acceptors (Lipinski definition) is 3. The Morgan fingerprint density at radius 3 is 2.40 bits per heavy atom. The lowest BCUT2D eigenvalue weighted by atomic mass is 9.68. The summed E-state index contributed by atoms with van der Waals surface area (Å²) in [6.07, 6.45) is 2.02. The van der Waals surface area contributed by atoms with Crippen LogP contribution in [0.25, 0.3) is 0 Å². The molecule has 0 aliphatic carbocycles. The van der Waals surface area contributed by atoms with Gasteiger partial charge < -0.3 is 14.7 Å². The minimum Gasteiger partial charge on any atom is -0.497 e. The third-order valence-electron chi connectivity index (χ3n) is 5.46. The van der Waals surface area contributed by atoms with Crippen molar-refractivity contribution in [1.82, 2.24) is 4.90 Å². The van der Waals surface area contributed by atoms with Crippen LogP contribution in [0.2, 0.25) is 0 Å². The van der Waals surface area contributed by atoms with Gasteiger partial charge in [-0.25, -0.2) is 4.79 Å². The molecule has 1 aliphatic heterocycles. The number of hydrogen-bond donors (Lipinski definition) is 1. The number of rotatable bonds is 6. The van der Waals surface area contributed by atoms with Crippen molar-refractivity contribution >= 4 is 11.9 Å². The van der Waals surface area contributed by atoms with Gasteiger partial charge in [0, 0.05) is 19.4 Å². The summed E-state index contributed by atoms with van der Waals surface area (Å²) in [5.41, 5.74) is 0.202. The predicted molar refractivity (Wildman–Crippen MR) is 97.1 cm³/mol. The minimum atomic E-state index is -0.921. The third-order valence-corrected chi connectivity index (χ3v) is 5.46. The molecule has 138 valence electrons. The standard InChI is InChI=1S/C20H29NO4/c1-19(2,3)20(12-5-13-21(20)18(23)24)14-16(22)9-6-15-7-10-17(25-4)11-8-15/h7-8,10-11H,5-6,9,12-14H2,1-4H3,(H,23,24). The molecule has 1 heterocycles. The number of ketones is 1. The van der Waals surface area contributed by atoms with Crippen molar-refractivity contribution in [3.63, 3.8) is 0 Å². The maximum atomic E-state index is 12.7. The summed E-state index contributed by atoms with van der Waals surface area (Å²) in [6, 6.07) is 7.70. The first-order valence-corrected chi connectivity index (χ1v) is 8.85. The highest BCUT2D eigenvalue weighted by Crippen LogP contribution is 2.46. The van der Waals surface area contributed by atoms with E-state index >= 15 is 0 Å². The number of carbonyl (C=O) groups is 2. The predicted octanol–water partition coefficient (Wildman–Crippen LogP) is 4.15. The summed E-state index contributed by atoms with van der Waals surface area (Å²) in [5, 5.41) is 9.59. The molecule has 25 heavy (non-hydrogen) atoms. The molecule has 5 nitrogen and oxygen atoms in total. The van der Waals surface area contributed by atoms with Crippen LogP contribution in [0, 0.1) is 5.41 Å². The van der Waals surface area contributed by atoms with E-state index in [9.17, 15) is 14.7 Å². The summed E-state index contributed by atoms with van der Waals surface area (Å²) >= 11 is 0. The third kappa shape index (κ3) is 4.14. The maximum absolute atomic E-state index is 12.7. The van der Waals surface area contributed by atoms with Crippen molar-refractivity contribution in [1.29, 1.82) is 0 Å². The number of nitrogens with zero attached hydrogens (tertiary/aromatic N) is 1. The quantitative estimate of drug-likeness (QED) is 0.839. The van der Waals surface area contributed by atoms with Gasteiger partial charge >= 0.3 is 6.09 Å². The Morgan fingerprint density at radius 1 is 1.24 bits per heavy atom. The maximum Gasteiger partial charge on any atom is 0.407 e. The molecule has 0 aromatic heterocycles. The average Bonchev–Trinajstić information content (AvgIpc) is 2.98. The van der Waals surface area contributed by atoms with Crippen molar-refractivity contribution in [3.8, 4) is 5.75 Å². The highest BCUT2D eigenvalue weighted by Gasteiger charge is 2.52. The molecule has 2 rings (SSSR count). The van der Waals surface area contributed by atoms with Crippen LogP contribution in [-0.4, -0.2) is 41.1 Å². The lowest BCUT2D eigenvalue weighted by Crippen LogP contribution is -2.56. The van der Waals surface area contributed by atoms with Gasteiger partial charge in [-0.05, 0) is 42.4 Å². The van der Waals surface area contributed by atoms with E-state index < -0.39 is 11.6 Å². The van der Waals surface area contributed by atoms with Crippen LogP contribution >= 0.6 is 0 Å². The second-order valence-electron chi connectivity index (χ2n) is 7.88. The van der Waals surface area contributed by atoms with E-state index in [1.165, 1.54) is 4.90 Å². The number of amides is 1. The van der Waals surface area contributed by atoms with Gasteiger partial charge in [0.2, 0.25) is 0 Å². The number of aryl methyl sites for hydroxylation is 1. The number of carboxylic acid groups (broad SMARTS) is 1. The van der Waals surface area contributed by atoms with Crippen molar-refractivity contribution in [2.75, 3.05) is 13.7 Å². The largest absolute Gasteiger partial charge is 0.497 e. The van der Waals surface area contributed by atoms with Crippen molar-refractivity contribution < 1.29 is 19.4 Å². The molecule has 1 aromatic rings. The lowest BCUT2D eigenvalue weighted by Gasteiger charge is -2.47. The van der Waals surface area contributed by atoms with Crippen molar-refractivity contribution in [3.05, 3.63) is 29.8 Å². The highest BCUT2D eigenvalue weighted by atomic mass is 16.5. The topological polar surface area (TPSA) is 66.8 Å². The van der Waals surface area contributed by atoms with Gasteiger partial charge in [0.15, 0.2) is 0 Å². The molecule has 0 bridgehead atoms. The fourth-order valence-electron chi connectivity index (χ4n) is 3.88. The zero-order valence-electron chi connectivity index (χ0n) is 15.7. The fraction of sp³-hybridized carbons (Fsp3) is 0.600. The molecule has 1 fully saturated rings. The van der Waals surface area contributed by atoms with Crippen LogP contribution in [0.4, 0.5) is 4.79 Å². The lowest BCUT2D eigenvalue weighted by molar-refractivity contribution is -0.123. The molecule has 1 unspecified atom stereocenters. The zero-order valence-corrected chi connectivity index (χ0v) is 15.7. The van der Waals surface area contributed by atoms with Gasteiger partial charge in [-0.15, -0.1) is 0 Å². The van der Waals surface area contributed by atoms with Crippen LogP contribution in [0.5, 0.6) is 5.75 Å². The van der Waals surface area contributed by atoms with Gasteiger partial charge in [0.1, 0.15) is 11.5 Å². The molecule has 1 saturated heterocycles. The van der Waals surface area contributed by atoms with Crippen LogP contribution in [0.15, 0.2) is 24.3 Å². The molecule has 1 amide bonds. The molecule has 1 atom stereocenters. The van der Waals surface area contributed by atoms with E-state index in [0.717, 1.165) is 24.2 Å². The van der Waals surface area contributed by atoms with Gasteiger partial charge in [-0.1, -0.05) is 32.9 Å². The number of likely N-dealkylation sites (tertiary alicyclic amines) is 1. The number of carbonyl (C=O) groups excluding carboxylic acids is 1. The number of Topliss-reactive ketones (excluding diaryl/α,β-unsaturated/α-hetero) is 1. The Kier molecular flexibility index (Phi) is 5.76. The molecule has 0 saturated carbocycles. The average molecular weight is 347 g/mol. The van der Waals surface area contributed by atoms with Gasteiger partial charge in [0.25, 0.3) is 0 Å². The fourth-order valence-corrected chi connectivity index (χ4v) is 3.88. The Hall–Kier alpha value is -2.04. The first-order chi connectivity index (χ1) is 11.7. The molecule has 0 spiro atoms. The molecular formula is C20H29NO4. The Morgan fingerprint density at radius 2 is 1.88 bits per heavy atom. The van der Waals surface area contributed by atoms with Crippen LogP contribution in [0.1, 0.15) is 52.0 Å². The monoisotopic (exact) mass is 347 g/mol. The number of methoxy groups -OCH3 is 1. The van der Waals surface area contributed by atoms with E-state index in [2.05, 4.69) is 0 Å². The Balaban J connectivity index is 2.06. The van der Waals surface area contributed by atoms with Crippen LogP contribution < -0.4 is 4.74 Å². The molecule has 1 aliphatic rings. The second kappa shape index (κ2) is 7.46. The summed E-state index contributed by atoms with van der Waals surface area (Å²) in [5.74, 6) is 0.920. The van der Waals surface area contributed by atoms with Gasteiger partial charge in [-0.3, -0.25) is 4.79 Å². The van der Waals surface area contributed by atoms with E-state index in [1.807, 2.05) is 45.0 Å². The van der Waals surface area contributed by atoms with E-state index in [1.54, 1.807) is 7.11 Å². The first kappa shape index (κ1) is 19.3. The molecule has 5 heteroatoms. The van der Waals surface area contributed by atoms with Crippen molar-refractivity contribution in [2.24, 2.45) is 5.41 Å². The van der Waals surface area contributed by atoms with Gasteiger partial charge in [-0.2, -0.15) is 0 Å². The number of ether oxygens (including phenoxy) is 1. The molecule has 1 N–H and O–H groups in total. The Labute approximate surface area is 150 Å². The van der Waals surface area contributed by atoms with Gasteiger partial charge in [0.05, 0.1) is 12.6 Å². The smallest absolute Gasteiger partial charge is 0.407 e. The Bertz CT molecular complexity index is 618. The highest BCUT2D eigenvalue weighted by molar-refractivity contribution is 5.81. The molecular weight excluding hydrogens is 318 g/mol. The zero-order chi connectivity index (χ0) is 18.7. The van der Waals surface area contributed by atoms with E-state index in [-0.39, 0.29) is 11.2 Å². The summed E-state index contributed by atoms with van der Waals surface area (Å²) in [4.78, 5) is 25.9. The van der Waals surface area contributed by atoms with Crippen LogP contribution in [0.3, 0.4) is 0 Å². The number of benzene rings is 1. The van der Waals surface area contributed by atoms with Crippen LogP contribution in [-0.2, 0) is 11.2 Å². The normalized spacial score (nSPS) is 20.6. The molecule has 1 aromatic carbocycles. The van der Waals surface area contributed by atoms with E-state index in [4.69, 9.17) is 4.74 Å².